The predicted octanol–water partition coefficient (Wildman–Crippen LogP) is 3.97. The van der Waals surface area contributed by atoms with Crippen LogP contribution in [0.5, 0.6) is 0 Å². The fourth-order valence-electron chi connectivity index (χ4n) is 2.81. The van der Waals surface area contributed by atoms with Crippen LogP contribution >= 0.6 is 0 Å². The van der Waals surface area contributed by atoms with E-state index in [2.05, 4.69) is 37.4 Å². The molecule has 0 atom stereocenters. The van der Waals surface area contributed by atoms with Gasteiger partial charge in [-0.3, -0.25) is 0 Å². The first-order chi connectivity index (χ1) is 8.27. The Kier molecular flexibility index (Phi) is 4.61. The summed E-state index contributed by atoms with van der Waals surface area (Å²) in [6.07, 6.45) is 7.19. The van der Waals surface area contributed by atoms with Gasteiger partial charge in [0, 0.05) is 6.54 Å². The molecule has 1 saturated carbocycles. The third-order valence-electron chi connectivity index (χ3n) is 4.19. The van der Waals surface area contributed by atoms with Gasteiger partial charge in [-0.15, -0.1) is 0 Å². The molecule has 1 aromatic rings. The molecule has 1 aliphatic carbocycles. The van der Waals surface area contributed by atoms with Crippen molar-refractivity contribution in [1.82, 2.24) is 5.32 Å². The van der Waals surface area contributed by atoms with E-state index in [1.807, 2.05) is 0 Å². The Hall–Kier alpha value is -0.820. The first-order valence-corrected chi connectivity index (χ1v) is 7.03. The van der Waals surface area contributed by atoms with Crippen LogP contribution in [-0.4, -0.2) is 6.54 Å². The van der Waals surface area contributed by atoms with E-state index >= 15 is 0 Å². The van der Waals surface area contributed by atoms with Crippen molar-refractivity contribution in [3.8, 4) is 0 Å². The zero-order valence-electron chi connectivity index (χ0n) is 11.3. The number of rotatable bonds is 4. The molecule has 94 valence electrons. The van der Waals surface area contributed by atoms with E-state index in [1.54, 1.807) is 0 Å². The minimum atomic E-state index is 0.925. The van der Waals surface area contributed by atoms with Crippen LogP contribution in [0.25, 0.3) is 0 Å². The summed E-state index contributed by atoms with van der Waals surface area (Å²) < 4.78 is 0. The van der Waals surface area contributed by atoms with Crippen molar-refractivity contribution in [3.05, 3.63) is 34.9 Å². The van der Waals surface area contributed by atoms with E-state index < -0.39 is 0 Å². The van der Waals surface area contributed by atoms with Gasteiger partial charge in [-0.2, -0.15) is 0 Å². The van der Waals surface area contributed by atoms with Crippen LogP contribution in [0.3, 0.4) is 0 Å². The first kappa shape index (κ1) is 12.6. The van der Waals surface area contributed by atoms with Crippen molar-refractivity contribution in [2.45, 2.75) is 52.5 Å². The van der Waals surface area contributed by atoms with Crippen LogP contribution in [0, 0.1) is 19.8 Å². The van der Waals surface area contributed by atoms with Crippen molar-refractivity contribution in [2.24, 2.45) is 5.92 Å². The zero-order chi connectivity index (χ0) is 12.1. The summed E-state index contributed by atoms with van der Waals surface area (Å²) in [4.78, 5) is 0. The monoisotopic (exact) mass is 231 g/mol. The quantitative estimate of drug-likeness (QED) is 0.826. The van der Waals surface area contributed by atoms with Crippen molar-refractivity contribution in [2.75, 3.05) is 6.54 Å². The van der Waals surface area contributed by atoms with Crippen LogP contribution in [0.15, 0.2) is 18.2 Å². The van der Waals surface area contributed by atoms with E-state index in [4.69, 9.17) is 0 Å². The van der Waals surface area contributed by atoms with E-state index in [0.717, 1.165) is 12.5 Å². The third kappa shape index (κ3) is 3.57. The van der Waals surface area contributed by atoms with E-state index in [-0.39, 0.29) is 0 Å². The highest BCUT2D eigenvalue weighted by atomic mass is 14.9. The van der Waals surface area contributed by atoms with Crippen LogP contribution in [0.1, 0.15) is 48.8 Å². The fourth-order valence-corrected chi connectivity index (χ4v) is 2.81. The van der Waals surface area contributed by atoms with Gasteiger partial charge in [-0.1, -0.05) is 37.5 Å². The van der Waals surface area contributed by atoms with Gasteiger partial charge in [0.05, 0.1) is 0 Å². The fraction of sp³-hybridized carbons (Fsp3) is 0.625. The minimum Gasteiger partial charge on any atom is -0.312 e. The van der Waals surface area contributed by atoms with Crippen LogP contribution in [-0.2, 0) is 6.54 Å². The molecule has 17 heavy (non-hydrogen) atoms. The van der Waals surface area contributed by atoms with Gasteiger partial charge in [0.2, 0.25) is 0 Å². The SMILES string of the molecule is Cc1cccc(CNCC2CCCCC2)c1C. The number of hydrogen-bond acceptors (Lipinski definition) is 1. The summed E-state index contributed by atoms with van der Waals surface area (Å²) in [5.74, 6) is 0.925. The molecule has 0 amide bonds. The molecular weight excluding hydrogens is 206 g/mol. The second kappa shape index (κ2) is 6.20. The molecule has 0 saturated heterocycles. The topological polar surface area (TPSA) is 12.0 Å². The summed E-state index contributed by atoms with van der Waals surface area (Å²) in [5, 5.41) is 3.64. The summed E-state index contributed by atoms with van der Waals surface area (Å²) in [7, 11) is 0. The third-order valence-corrected chi connectivity index (χ3v) is 4.19. The lowest BCUT2D eigenvalue weighted by Crippen LogP contribution is -2.24. The van der Waals surface area contributed by atoms with Gasteiger partial charge < -0.3 is 5.32 Å². The highest BCUT2D eigenvalue weighted by Crippen LogP contribution is 2.23. The lowest BCUT2D eigenvalue weighted by atomic mass is 9.89. The van der Waals surface area contributed by atoms with E-state index in [1.165, 1.54) is 55.3 Å². The standard InChI is InChI=1S/C16H25N/c1-13-7-6-10-16(14(13)2)12-17-11-15-8-4-3-5-9-15/h6-7,10,15,17H,3-5,8-9,11-12H2,1-2H3. The van der Waals surface area contributed by atoms with Gasteiger partial charge >= 0.3 is 0 Å². The number of aryl methyl sites for hydroxylation is 1. The van der Waals surface area contributed by atoms with Crippen molar-refractivity contribution in [3.63, 3.8) is 0 Å². The number of nitrogens with one attached hydrogen (secondary N) is 1. The maximum atomic E-state index is 3.64. The van der Waals surface area contributed by atoms with Crippen LogP contribution in [0.4, 0.5) is 0 Å². The number of hydrogen-bond donors (Lipinski definition) is 1. The molecule has 0 aromatic heterocycles. The van der Waals surface area contributed by atoms with Crippen LogP contribution in [0.2, 0.25) is 0 Å². The van der Waals surface area contributed by atoms with Gasteiger partial charge in [-0.25, -0.2) is 0 Å². The average Bonchev–Trinajstić information content (AvgIpc) is 2.36. The van der Waals surface area contributed by atoms with Crippen LogP contribution < -0.4 is 5.32 Å². The Morgan fingerprint density at radius 2 is 1.88 bits per heavy atom. The highest BCUT2D eigenvalue weighted by Gasteiger charge is 2.12. The molecule has 1 heteroatoms. The molecule has 0 heterocycles. The zero-order valence-corrected chi connectivity index (χ0v) is 11.3. The Bertz CT molecular complexity index is 351. The average molecular weight is 231 g/mol. The van der Waals surface area contributed by atoms with Crippen molar-refractivity contribution < 1.29 is 0 Å². The molecule has 1 aromatic carbocycles. The van der Waals surface area contributed by atoms with Gasteiger partial charge in [-0.05, 0) is 55.8 Å². The molecule has 0 aliphatic heterocycles. The first-order valence-electron chi connectivity index (χ1n) is 7.03. The Morgan fingerprint density at radius 1 is 1.12 bits per heavy atom. The van der Waals surface area contributed by atoms with Crippen molar-refractivity contribution >= 4 is 0 Å². The number of benzene rings is 1. The molecule has 1 aliphatic rings. The molecule has 0 radical (unpaired) electrons. The largest absolute Gasteiger partial charge is 0.312 e. The minimum absolute atomic E-state index is 0.925. The second-order valence-electron chi connectivity index (χ2n) is 5.49. The van der Waals surface area contributed by atoms with Gasteiger partial charge in [0.15, 0.2) is 0 Å². The normalized spacial score (nSPS) is 17.3. The molecular formula is C16H25N. The molecule has 1 nitrogen and oxygen atoms in total. The highest BCUT2D eigenvalue weighted by molar-refractivity contribution is 5.32. The Balaban J connectivity index is 1.79. The lowest BCUT2D eigenvalue weighted by Gasteiger charge is -2.22. The summed E-state index contributed by atoms with van der Waals surface area (Å²) in [5.41, 5.74) is 4.31. The smallest absolute Gasteiger partial charge is 0.0208 e. The summed E-state index contributed by atoms with van der Waals surface area (Å²) in [6, 6.07) is 6.61. The van der Waals surface area contributed by atoms with Gasteiger partial charge in [0.25, 0.3) is 0 Å². The second-order valence-corrected chi connectivity index (χ2v) is 5.49. The van der Waals surface area contributed by atoms with E-state index in [0.29, 0.717) is 0 Å². The molecule has 2 rings (SSSR count). The van der Waals surface area contributed by atoms with E-state index in [9.17, 15) is 0 Å². The maximum Gasteiger partial charge on any atom is 0.0208 e. The lowest BCUT2D eigenvalue weighted by molar-refractivity contribution is 0.342. The summed E-state index contributed by atoms with van der Waals surface area (Å²) in [6.45, 7) is 6.66. The molecule has 0 spiro atoms. The molecule has 1 N–H and O–H groups in total. The van der Waals surface area contributed by atoms with Crippen molar-refractivity contribution in [1.29, 1.82) is 0 Å². The van der Waals surface area contributed by atoms with Gasteiger partial charge in [0.1, 0.15) is 0 Å². The predicted molar refractivity (Wildman–Crippen MR) is 74.2 cm³/mol. The Labute approximate surface area is 106 Å². The summed E-state index contributed by atoms with van der Waals surface area (Å²) >= 11 is 0. The molecule has 0 bridgehead atoms. The Morgan fingerprint density at radius 3 is 2.65 bits per heavy atom. The molecule has 1 fully saturated rings. The molecule has 0 unspecified atom stereocenters. The maximum absolute atomic E-state index is 3.64.